The zero-order valence-electron chi connectivity index (χ0n) is 11.0. The molecule has 1 fully saturated rings. The standard InChI is InChI=1S/C14H19BN2O2/c15-14(19)16-13-10-17(9-12(13)6-7-18)8-11-4-2-1-3-5-11/h1-5,12-13,18H,6-10H2,(H,16,19)/t12-,13-/m0/s1. The van der Waals surface area contributed by atoms with Crippen LogP contribution in [0.1, 0.15) is 12.0 Å². The molecule has 2 radical (unpaired) electrons. The van der Waals surface area contributed by atoms with Gasteiger partial charge in [-0.3, -0.25) is 9.69 Å². The van der Waals surface area contributed by atoms with Crippen molar-refractivity contribution in [2.75, 3.05) is 19.7 Å². The van der Waals surface area contributed by atoms with Gasteiger partial charge in [0.05, 0.1) is 0 Å². The maximum absolute atomic E-state index is 11.0. The van der Waals surface area contributed by atoms with Gasteiger partial charge in [-0.25, -0.2) is 0 Å². The second-order valence-corrected chi connectivity index (χ2v) is 5.07. The summed E-state index contributed by atoms with van der Waals surface area (Å²) in [6.07, 6.45) is 0.691. The van der Waals surface area contributed by atoms with Crippen molar-refractivity contribution in [2.24, 2.45) is 5.92 Å². The molecule has 0 saturated carbocycles. The van der Waals surface area contributed by atoms with E-state index in [9.17, 15) is 4.79 Å². The van der Waals surface area contributed by atoms with Crippen LogP contribution >= 0.6 is 0 Å². The van der Waals surface area contributed by atoms with Crippen LogP contribution in [0.25, 0.3) is 0 Å². The summed E-state index contributed by atoms with van der Waals surface area (Å²) in [5, 5.41) is 11.9. The Morgan fingerprint density at radius 1 is 1.37 bits per heavy atom. The minimum atomic E-state index is -0.491. The van der Waals surface area contributed by atoms with E-state index in [1.807, 2.05) is 18.2 Å². The number of aliphatic hydroxyl groups excluding tert-OH is 1. The topological polar surface area (TPSA) is 52.6 Å². The summed E-state index contributed by atoms with van der Waals surface area (Å²) in [6.45, 7) is 2.66. The number of aliphatic hydroxyl groups is 1. The third kappa shape index (κ3) is 4.08. The van der Waals surface area contributed by atoms with Crippen LogP contribution in [0, 0.1) is 5.92 Å². The first-order valence-electron chi connectivity index (χ1n) is 6.62. The molecule has 1 heterocycles. The number of hydrogen-bond donors (Lipinski definition) is 2. The average Bonchev–Trinajstić information content (AvgIpc) is 2.72. The number of likely N-dealkylation sites (tertiary alicyclic amines) is 1. The Balaban J connectivity index is 1.95. The van der Waals surface area contributed by atoms with Gasteiger partial charge in [-0.05, 0) is 17.9 Å². The summed E-state index contributed by atoms with van der Waals surface area (Å²) in [4.78, 5) is 13.3. The smallest absolute Gasteiger partial charge is 0.200 e. The van der Waals surface area contributed by atoms with E-state index in [0.29, 0.717) is 6.42 Å². The quantitative estimate of drug-likeness (QED) is 0.766. The lowest BCUT2D eigenvalue weighted by molar-refractivity contribution is 0.236. The Morgan fingerprint density at radius 3 is 2.74 bits per heavy atom. The van der Waals surface area contributed by atoms with E-state index in [0.717, 1.165) is 19.6 Å². The van der Waals surface area contributed by atoms with E-state index in [4.69, 9.17) is 13.0 Å². The molecule has 4 nitrogen and oxygen atoms in total. The van der Waals surface area contributed by atoms with Crippen LogP contribution in [0.15, 0.2) is 30.3 Å². The highest BCUT2D eigenvalue weighted by atomic mass is 16.3. The van der Waals surface area contributed by atoms with E-state index < -0.39 is 5.81 Å². The van der Waals surface area contributed by atoms with E-state index in [1.54, 1.807) is 0 Å². The summed E-state index contributed by atoms with van der Waals surface area (Å²) in [6, 6.07) is 10.3. The predicted octanol–water partition coefficient (Wildman–Crippen LogP) is 0.747. The van der Waals surface area contributed by atoms with E-state index >= 15 is 0 Å². The number of carbonyl (C=O) groups excluding carboxylic acids is 1. The predicted molar refractivity (Wildman–Crippen MR) is 75.0 cm³/mol. The van der Waals surface area contributed by atoms with E-state index in [2.05, 4.69) is 22.3 Å². The molecule has 1 aliphatic heterocycles. The van der Waals surface area contributed by atoms with Crippen LogP contribution in [-0.2, 0) is 6.54 Å². The molecule has 1 aromatic rings. The number of nitrogens with zero attached hydrogens (tertiary/aromatic N) is 1. The van der Waals surface area contributed by atoms with Crippen LogP contribution in [-0.4, -0.2) is 49.4 Å². The van der Waals surface area contributed by atoms with Gasteiger partial charge in [-0.15, -0.1) is 0 Å². The Hall–Kier alpha value is -1.33. The molecular formula is C14H19BN2O2. The summed E-state index contributed by atoms with van der Waals surface area (Å²) < 4.78 is 0. The third-order valence-corrected chi connectivity index (χ3v) is 3.59. The van der Waals surface area contributed by atoms with Crippen molar-refractivity contribution >= 4 is 13.7 Å². The fourth-order valence-corrected chi connectivity index (χ4v) is 2.74. The monoisotopic (exact) mass is 258 g/mol. The molecule has 1 aromatic carbocycles. The summed E-state index contributed by atoms with van der Waals surface area (Å²) in [7, 11) is 5.20. The summed E-state index contributed by atoms with van der Waals surface area (Å²) in [5.74, 6) is -0.226. The normalized spacial score (nSPS) is 23.4. The van der Waals surface area contributed by atoms with E-state index in [1.165, 1.54) is 5.56 Å². The molecule has 0 aromatic heterocycles. The highest BCUT2D eigenvalue weighted by Crippen LogP contribution is 2.22. The van der Waals surface area contributed by atoms with Crippen molar-refractivity contribution < 1.29 is 9.90 Å². The zero-order valence-corrected chi connectivity index (χ0v) is 11.0. The van der Waals surface area contributed by atoms with Gasteiger partial charge in [0.1, 0.15) is 0 Å². The van der Waals surface area contributed by atoms with Gasteiger partial charge < -0.3 is 10.4 Å². The molecule has 19 heavy (non-hydrogen) atoms. The lowest BCUT2D eigenvalue weighted by atomic mass is 9.98. The molecule has 0 spiro atoms. The first-order chi connectivity index (χ1) is 9.19. The van der Waals surface area contributed by atoms with Gasteiger partial charge in [0.15, 0.2) is 5.81 Å². The Bertz CT molecular complexity index is 413. The molecule has 1 saturated heterocycles. The lowest BCUT2D eigenvalue weighted by Crippen LogP contribution is -2.40. The van der Waals surface area contributed by atoms with Gasteiger partial charge in [0.2, 0.25) is 7.85 Å². The van der Waals surface area contributed by atoms with E-state index in [-0.39, 0.29) is 18.6 Å². The van der Waals surface area contributed by atoms with Crippen LogP contribution in [0.4, 0.5) is 4.79 Å². The molecule has 1 amide bonds. The lowest BCUT2D eigenvalue weighted by Gasteiger charge is -2.18. The minimum absolute atomic E-state index is 0.0355. The molecule has 0 aliphatic carbocycles. The van der Waals surface area contributed by atoms with Crippen molar-refractivity contribution in [1.82, 2.24) is 10.2 Å². The van der Waals surface area contributed by atoms with Crippen molar-refractivity contribution in [1.29, 1.82) is 0 Å². The van der Waals surface area contributed by atoms with Crippen LogP contribution in [0.2, 0.25) is 0 Å². The van der Waals surface area contributed by atoms with Crippen molar-refractivity contribution in [3.8, 4) is 0 Å². The molecule has 2 atom stereocenters. The van der Waals surface area contributed by atoms with Gasteiger partial charge >= 0.3 is 0 Å². The Kier molecular flexibility index (Phi) is 4.99. The number of rotatable bonds is 5. The maximum Gasteiger partial charge on any atom is 0.200 e. The molecule has 100 valence electrons. The van der Waals surface area contributed by atoms with Crippen molar-refractivity contribution in [3.63, 3.8) is 0 Å². The number of carbonyl (C=O) groups is 1. The first-order valence-corrected chi connectivity index (χ1v) is 6.62. The highest BCUT2D eigenvalue weighted by molar-refractivity contribution is 6.57. The SMILES string of the molecule is [B]C(=O)N[C@H]1CN(Cc2ccccc2)C[C@@H]1CCO. The number of nitrogens with one attached hydrogen (secondary N) is 1. The van der Waals surface area contributed by atoms with Crippen LogP contribution in [0.3, 0.4) is 0 Å². The van der Waals surface area contributed by atoms with Crippen molar-refractivity contribution in [2.45, 2.75) is 19.0 Å². The summed E-state index contributed by atoms with van der Waals surface area (Å²) >= 11 is 0. The minimum Gasteiger partial charge on any atom is -0.396 e. The largest absolute Gasteiger partial charge is 0.396 e. The second-order valence-electron chi connectivity index (χ2n) is 5.07. The third-order valence-electron chi connectivity index (χ3n) is 3.59. The number of benzene rings is 1. The Morgan fingerprint density at radius 2 is 2.11 bits per heavy atom. The Labute approximate surface area is 115 Å². The summed E-state index contributed by atoms with van der Waals surface area (Å²) in [5.41, 5.74) is 1.25. The number of hydrogen-bond acceptors (Lipinski definition) is 3. The van der Waals surface area contributed by atoms with Gasteiger partial charge in [0.25, 0.3) is 0 Å². The van der Waals surface area contributed by atoms with Gasteiger partial charge in [-0.1, -0.05) is 30.3 Å². The molecule has 5 heteroatoms. The molecule has 0 bridgehead atoms. The molecule has 2 rings (SSSR count). The maximum atomic E-state index is 11.0. The second kappa shape index (κ2) is 6.73. The zero-order chi connectivity index (χ0) is 13.7. The van der Waals surface area contributed by atoms with Gasteiger partial charge in [0, 0.05) is 32.3 Å². The van der Waals surface area contributed by atoms with Gasteiger partial charge in [-0.2, -0.15) is 0 Å². The van der Waals surface area contributed by atoms with Crippen LogP contribution in [0.5, 0.6) is 0 Å². The fraction of sp³-hybridized carbons (Fsp3) is 0.500. The number of amides is 1. The molecule has 0 unspecified atom stereocenters. The fourth-order valence-electron chi connectivity index (χ4n) is 2.74. The highest BCUT2D eigenvalue weighted by Gasteiger charge is 2.32. The van der Waals surface area contributed by atoms with Crippen molar-refractivity contribution in [3.05, 3.63) is 35.9 Å². The first kappa shape index (κ1) is 14.1. The molecule has 1 aliphatic rings. The molecule has 2 N–H and O–H groups in total. The average molecular weight is 258 g/mol. The molecular weight excluding hydrogens is 239 g/mol. The van der Waals surface area contributed by atoms with Crippen LogP contribution < -0.4 is 5.32 Å².